The lowest BCUT2D eigenvalue weighted by atomic mass is 9.77. The summed E-state index contributed by atoms with van der Waals surface area (Å²) in [6, 6.07) is 16.1. The minimum Gasteiger partial charge on any atom is -0.463 e. The number of aliphatic hydroxyl groups excluding tert-OH is 1. The largest absolute Gasteiger partial charge is 0.463 e. The predicted octanol–water partition coefficient (Wildman–Crippen LogP) is 3.03. The van der Waals surface area contributed by atoms with Gasteiger partial charge >= 0.3 is 17.9 Å². The summed E-state index contributed by atoms with van der Waals surface area (Å²) in [4.78, 5) is 50.7. The summed E-state index contributed by atoms with van der Waals surface area (Å²) >= 11 is 0. The number of cyclic esters (lactones) is 1. The number of hydrogen-bond donors (Lipinski definition) is 3. The van der Waals surface area contributed by atoms with Crippen LogP contribution in [0.5, 0.6) is 0 Å². The zero-order valence-electron chi connectivity index (χ0n) is 24.4. The first-order valence-corrected chi connectivity index (χ1v) is 14.4. The van der Waals surface area contributed by atoms with Gasteiger partial charge in [0.1, 0.15) is 12.7 Å². The van der Waals surface area contributed by atoms with Gasteiger partial charge in [-0.05, 0) is 43.4 Å². The number of esters is 3. The molecule has 1 saturated carbocycles. The highest BCUT2D eigenvalue weighted by atomic mass is 16.6. The molecule has 10 heteroatoms. The summed E-state index contributed by atoms with van der Waals surface area (Å²) in [5.41, 5.74) is -0.100. The quantitative estimate of drug-likeness (QED) is 0.311. The molecule has 228 valence electrons. The summed E-state index contributed by atoms with van der Waals surface area (Å²) in [6.45, 7) is 4.80. The highest BCUT2D eigenvalue weighted by molar-refractivity contribution is 5.95. The normalized spacial score (nSPS) is 29.4. The number of carbonyl (C=O) groups excluding carboxylic acids is 4. The van der Waals surface area contributed by atoms with Crippen LogP contribution in [0.1, 0.15) is 62.0 Å². The maximum absolute atomic E-state index is 13.3. The van der Waals surface area contributed by atoms with E-state index < -0.39 is 53.1 Å². The molecule has 2 aromatic carbocycles. The Morgan fingerprint density at radius 3 is 2.35 bits per heavy atom. The van der Waals surface area contributed by atoms with E-state index in [1.165, 1.54) is 6.92 Å². The highest BCUT2D eigenvalue weighted by Gasteiger charge is 2.57. The van der Waals surface area contributed by atoms with E-state index in [2.05, 4.69) is 5.32 Å². The van der Waals surface area contributed by atoms with Crippen molar-refractivity contribution >= 4 is 23.8 Å². The van der Waals surface area contributed by atoms with Crippen molar-refractivity contribution in [2.75, 3.05) is 13.2 Å². The molecule has 0 saturated heterocycles. The fourth-order valence-electron chi connectivity index (χ4n) is 6.85. The van der Waals surface area contributed by atoms with Gasteiger partial charge in [0.2, 0.25) is 0 Å². The Hall–Kier alpha value is -4.02. The minimum atomic E-state index is -1.70. The molecule has 1 aliphatic heterocycles. The Balaban J connectivity index is 1.32. The van der Waals surface area contributed by atoms with Crippen molar-refractivity contribution in [1.29, 1.82) is 0 Å². The molecule has 7 atom stereocenters. The van der Waals surface area contributed by atoms with E-state index in [-0.39, 0.29) is 31.5 Å². The monoisotopic (exact) mass is 591 g/mol. The molecule has 0 radical (unpaired) electrons. The summed E-state index contributed by atoms with van der Waals surface area (Å²) in [6.07, 6.45) is -1.54. The van der Waals surface area contributed by atoms with E-state index in [9.17, 15) is 29.4 Å². The molecule has 1 heterocycles. The van der Waals surface area contributed by atoms with Crippen LogP contribution < -0.4 is 5.32 Å². The van der Waals surface area contributed by atoms with Gasteiger partial charge in [-0.3, -0.25) is 9.59 Å². The lowest BCUT2D eigenvalue weighted by molar-refractivity contribution is -0.158. The van der Waals surface area contributed by atoms with Crippen LogP contribution in [0.3, 0.4) is 0 Å². The second kappa shape index (κ2) is 11.9. The van der Waals surface area contributed by atoms with Crippen molar-refractivity contribution < 1.29 is 43.6 Å². The van der Waals surface area contributed by atoms with E-state index in [4.69, 9.17) is 14.2 Å². The molecule has 10 nitrogen and oxygen atoms in total. The number of hydrogen-bond acceptors (Lipinski definition) is 9. The summed E-state index contributed by atoms with van der Waals surface area (Å²) < 4.78 is 16.6. The van der Waals surface area contributed by atoms with Gasteiger partial charge in [-0.15, -0.1) is 0 Å². The third-order valence-electron chi connectivity index (χ3n) is 8.91. The van der Waals surface area contributed by atoms with Crippen molar-refractivity contribution in [2.45, 2.75) is 63.9 Å². The second-order valence-corrected chi connectivity index (χ2v) is 12.4. The van der Waals surface area contributed by atoms with Gasteiger partial charge in [-0.2, -0.15) is 0 Å². The lowest BCUT2D eigenvalue weighted by Crippen LogP contribution is -2.42. The molecule has 2 aliphatic carbocycles. The Bertz CT molecular complexity index is 1420. The van der Waals surface area contributed by atoms with E-state index >= 15 is 0 Å². The molecule has 0 spiro atoms. The van der Waals surface area contributed by atoms with Gasteiger partial charge in [-0.25, -0.2) is 9.59 Å². The van der Waals surface area contributed by atoms with Gasteiger partial charge in [0.25, 0.3) is 5.91 Å². The van der Waals surface area contributed by atoms with Gasteiger partial charge in [-0.1, -0.05) is 55.5 Å². The van der Waals surface area contributed by atoms with Crippen LogP contribution in [0, 0.1) is 17.3 Å². The Labute approximate surface area is 250 Å². The van der Waals surface area contributed by atoms with Gasteiger partial charge in [0.05, 0.1) is 18.2 Å². The molecule has 0 unspecified atom stereocenters. The van der Waals surface area contributed by atoms with Crippen molar-refractivity contribution in [1.82, 2.24) is 5.32 Å². The van der Waals surface area contributed by atoms with E-state index in [1.807, 2.05) is 6.92 Å². The van der Waals surface area contributed by atoms with Crippen molar-refractivity contribution in [3.05, 3.63) is 82.9 Å². The van der Waals surface area contributed by atoms with Gasteiger partial charge in [0, 0.05) is 41.4 Å². The number of rotatable bonds is 8. The number of benzene rings is 2. The molecule has 1 amide bonds. The Morgan fingerprint density at radius 2 is 1.70 bits per heavy atom. The molecule has 3 N–H and O–H groups in total. The number of ether oxygens (including phenoxy) is 3. The van der Waals surface area contributed by atoms with Crippen LogP contribution in [-0.4, -0.2) is 65.1 Å². The molecule has 2 aromatic rings. The van der Waals surface area contributed by atoms with Crippen LogP contribution >= 0.6 is 0 Å². The molecule has 1 fully saturated rings. The summed E-state index contributed by atoms with van der Waals surface area (Å²) in [7, 11) is 0. The number of carbonyl (C=O) groups is 4. The smallest absolute Gasteiger partial charge is 0.337 e. The fourth-order valence-corrected chi connectivity index (χ4v) is 6.85. The second-order valence-electron chi connectivity index (χ2n) is 12.4. The first-order chi connectivity index (χ1) is 20.4. The Morgan fingerprint density at radius 1 is 1.05 bits per heavy atom. The van der Waals surface area contributed by atoms with Crippen LogP contribution in [0.25, 0.3) is 0 Å². The van der Waals surface area contributed by atoms with E-state index in [1.54, 1.807) is 67.6 Å². The molecule has 0 bridgehead atoms. The average molecular weight is 592 g/mol. The van der Waals surface area contributed by atoms with Gasteiger partial charge in [0.15, 0.2) is 6.10 Å². The van der Waals surface area contributed by atoms with Crippen LogP contribution in [0.2, 0.25) is 0 Å². The van der Waals surface area contributed by atoms with Crippen molar-refractivity contribution in [2.24, 2.45) is 17.3 Å². The molecule has 5 rings (SSSR count). The highest BCUT2D eigenvalue weighted by Crippen LogP contribution is 2.56. The molecular formula is C33H37NO9. The van der Waals surface area contributed by atoms with E-state index in [0.29, 0.717) is 35.1 Å². The standard InChI is InChI=1S/C33H37NO9/c1-19(35)43-28-23-14-32(2,16-25(23)33(3,40)15-22-24(28)17-41-30(22)38)18-42-31(39)27(36)26(20-10-6-4-7-11-20)34-29(37)21-12-8-5-9-13-21/h4-13,23,25-28,36,40H,14-18H2,1-3H3,(H,34,37)/t23-,25+,26+,27-,28+,32-,33+/m1/s1. The predicted molar refractivity (Wildman–Crippen MR) is 153 cm³/mol. The summed E-state index contributed by atoms with van der Waals surface area (Å²) in [5, 5.41) is 25.4. The topological polar surface area (TPSA) is 148 Å². The molecule has 43 heavy (non-hydrogen) atoms. The lowest BCUT2D eigenvalue weighted by Gasteiger charge is -2.35. The zero-order chi connectivity index (χ0) is 30.9. The number of aliphatic hydroxyl groups is 2. The maximum atomic E-state index is 13.3. The van der Waals surface area contributed by atoms with E-state index in [0.717, 1.165) is 0 Å². The molecular weight excluding hydrogens is 554 g/mol. The minimum absolute atomic E-state index is 0.00111. The average Bonchev–Trinajstić information content (AvgIpc) is 3.51. The van der Waals surface area contributed by atoms with Crippen LogP contribution in [0.4, 0.5) is 0 Å². The summed E-state index contributed by atoms with van der Waals surface area (Å²) in [5.74, 6) is -3.10. The third-order valence-corrected chi connectivity index (χ3v) is 8.91. The Kier molecular flexibility index (Phi) is 8.45. The van der Waals surface area contributed by atoms with Crippen LogP contribution in [0.15, 0.2) is 71.8 Å². The third kappa shape index (κ3) is 6.35. The van der Waals surface area contributed by atoms with Crippen molar-refractivity contribution in [3.8, 4) is 0 Å². The SMILES string of the molecule is CC(=O)O[C@@H]1C2=C(C[C@](C)(O)[C@H]3C[C@](C)(COC(=O)[C@H](O)[C@@H](NC(=O)c4ccccc4)c4ccccc4)C[C@@H]13)C(=O)OC2. The van der Waals surface area contributed by atoms with Crippen LogP contribution in [-0.2, 0) is 28.6 Å². The first-order valence-electron chi connectivity index (χ1n) is 14.4. The fraction of sp³-hybridized carbons (Fsp3) is 0.455. The number of amides is 1. The zero-order valence-corrected chi connectivity index (χ0v) is 24.4. The number of fused-ring (bicyclic) bond motifs is 1. The van der Waals surface area contributed by atoms with Crippen molar-refractivity contribution in [3.63, 3.8) is 0 Å². The van der Waals surface area contributed by atoms with Gasteiger partial charge < -0.3 is 29.7 Å². The number of nitrogens with one attached hydrogen (secondary N) is 1. The maximum Gasteiger partial charge on any atom is 0.337 e. The first kappa shape index (κ1) is 30.4. The molecule has 0 aromatic heterocycles. The molecule has 3 aliphatic rings.